The summed E-state index contributed by atoms with van der Waals surface area (Å²) in [5.74, 6) is -1.84. The van der Waals surface area contributed by atoms with E-state index in [1.165, 1.54) is 30.5 Å². The largest absolute Gasteiger partial charge is 0.503 e. The minimum absolute atomic E-state index is 0.0534. The van der Waals surface area contributed by atoms with Crippen LogP contribution < -0.4 is 10.7 Å². The molecule has 1 aromatic heterocycles. The minimum Gasteiger partial charge on any atom is -0.503 e. The van der Waals surface area contributed by atoms with Gasteiger partial charge in [0.25, 0.3) is 5.91 Å². The third kappa shape index (κ3) is 6.56. The number of carbonyl (C=O) groups is 2. The molecule has 0 bridgehead atoms. The number of benzene rings is 1. The molecule has 12 heteroatoms. The van der Waals surface area contributed by atoms with Crippen molar-refractivity contribution in [3.63, 3.8) is 0 Å². The average Bonchev–Trinajstić information content (AvgIpc) is 2.91. The number of pyridine rings is 1. The Kier molecular flexibility index (Phi) is 9.68. The first-order chi connectivity index (χ1) is 18.4. The molecule has 39 heavy (non-hydrogen) atoms. The SMILES string of the molecule is CCN(C(=O)c1[nH]cc(C(=N)SC(=N)Cc2ccc(F)cc2)c(=O)c1O)C1(NC)CCC(C(=O)N(C)C)CC1. The number of aromatic nitrogens is 1. The Morgan fingerprint density at radius 2 is 1.82 bits per heavy atom. The van der Waals surface area contributed by atoms with Crippen LogP contribution in [-0.2, 0) is 11.2 Å². The van der Waals surface area contributed by atoms with E-state index in [1.54, 1.807) is 37.9 Å². The Morgan fingerprint density at radius 1 is 1.21 bits per heavy atom. The van der Waals surface area contributed by atoms with Crippen molar-refractivity contribution in [2.75, 3.05) is 27.7 Å². The van der Waals surface area contributed by atoms with Gasteiger partial charge < -0.3 is 19.9 Å². The number of thioether (sulfide) groups is 1. The molecule has 0 aliphatic heterocycles. The van der Waals surface area contributed by atoms with Gasteiger partial charge in [-0.2, -0.15) is 0 Å². The summed E-state index contributed by atoms with van der Waals surface area (Å²) < 4.78 is 13.1. The van der Waals surface area contributed by atoms with E-state index in [-0.39, 0.29) is 39.6 Å². The molecule has 1 fully saturated rings. The van der Waals surface area contributed by atoms with E-state index in [0.717, 1.165) is 11.8 Å². The van der Waals surface area contributed by atoms with Crippen LogP contribution in [-0.4, -0.2) is 75.1 Å². The third-order valence-corrected chi connectivity index (χ3v) is 7.98. The van der Waals surface area contributed by atoms with Crippen LogP contribution in [0.5, 0.6) is 5.75 Å². The smallest absolute Gasteiger partial charge is 0.275 e. The fourth-order valence-electron chi connectivity index (χ4n) is 4.99. The molecule has 0 saturated heterocycles. The standard InChI is InChI=1S/C27H35FN6O4S/c1-5-34(27(31-2)12-10-17(11-13-27)25(37)33(3)4)26(38)21-23(36)22(35)19(15-32-21)24(30)39-20(29)14-16-6-8-18(28)9-7-16/h6-9,15,17,29-31,36H,5,10-14H2,1-4H3,(H,32,35). The summed E-state index contributed by atoms with van der Waals surface area (Å²) >= 11 is 0.735. The van der Waals surface area contributed by atoms with Gasteiger partial charge in [-0.05, 0) is 57.4 Å². The Bertz CT molecular complexity index is 1300. The molecule has 0 atom stereocenters. The number of nitrogens with zero attached hydrogens (tertiary/aromatic N) is 2. The molecule has 1 aromatic carbocycles. The minimum atomic E-state index is -0.890. The number of hydrogen-bond acceptors (Lipinski definition) is 8. The number of aromatic hydroxyl groups is 1. The molecule has 1 saturated carbocycles. The number of nitrogens with one attached hydrogen (secondary N) is 4. The lowest BCUT2D eigenvalue weighted by molar-refractivity contribution is -0.135. The van der Waals surface area contributed by atoms with Crippen molar-refractivity contribution in [2.24, 2.45) is 5.92 Å². The van der Waals surface area contributed by atoms with Gasteiger partial charge in [-0.1, -0.05) is 23.9 Å². The van der Waals surface area contributed by atoms with E-state index in [2.05, 4.69) is 10.3 Å². The molecule has 1 aliphatic carbocycles. The van der Waals surface area contributed by atoms with Gasteiger partial charge in [-0.25, -0.2) is 4.39 Å². The zero-order valence-corrected chi connectivity index (χ0v) is 23.4. The Hall–Kier alpha value is -3.51. The first-order valence-corrected chi connectivity index (χ1v) is 13.5. The molecule has 2 amide bonds. The van der Waals surface area contributed by atoms with Gasteiger partial charge >= 0.3 is 0 Å². The highest BCUT2D eigenvalue weighted by Gasteiger charge is 2.43. The van der Waals surface area contributed by atoms with Crippen LogP contribution in [0.3, 0.4) is 0 Å². The molecule has 0 unspecified atom stereocenters. The molecule has 1 aliphatic rings. The second-order valence-electron chi connectivity index (χ2n) is 9.75. The van der Waals surface area contributed by atoms with Crippen LogP contribution in [0, 0.1) is 22.6 Å². The van der Waals surface area contributed by atoms with Crippen molar-refractivity contribution in [1.82, 2.24) is 20.1 Å². The molecule has 5 N–H and O–H groups in total. The zero-order chi connectivity index (χ0) is 28.9. The number of rotatable bonds is 8. The number of H-pyrrole nitrogens is 1. The summed E-state index contributed by atoms with van der Waals surface area (Å²) in [6.45, 7) is 2.10. The molecular weight excluding hydrogens is 523 g/mol. The monoisotopic (exact) mass is 558 g/mol. The number of carbonyl (C=O) groups excluding carboxylic acids is 2. The third-order valence-electron chi connectivity index (χ3n) is 7.17. The molecule has 0 radical (unpaired) electrons. The highest BCUT2D eigenvalue weighted by atomic mass is 32.2. The van der Waals surface area contributed by atoms with Crippen LogP contribution in [0.2, 0.25) is 0 Å². The van der Waals surface area contributed by atoms with Crippen molar-refractivity contribution >= 4 is 33.7 Å². The maximum Gasteiger partial charge on any atom is 0.275 e. The van der Waals surface area contributed by atoms with Crippen LogP contribution in [0.15, 0.2) is 35.3 Å². The van der Waals surface area contributed by atoms with Crippen LogP contribution in [0.1, 0.15) is 54.2 Å². The van der Waals surface area contributed by atoms with E-state index < -0.39 is 28.6 Å². The van der Waals surface area contributed by atoms with Gasteiger partial charge in [0.2, 0.25) is 11.3 Å². The maximum atomic E-state index is 13.6. The second kappa shape index (κ2) is 12.6. The van der Waals surface area contributed by atoms with Gasteiger partial charge in [-0.15, -0.1) is 0 Å². The van der Waals surface area contributed by atoms with Gasteiger partial charge in [-0.3, -0.25) is 30.5 Å². The molecule has 3 rings (SSSR count). The number of amides is 2. The van der Waals surface area contributed by atoms with E-state index in [9.17, 15) is 23.9 Å². The van der Waals surface area contributed by atoms with Gasteiger partial charge in [0.1, 0.15) is 10.9 Å². The molecule has 0 spiro atoms. The lowest BCUT2D eigenvalue weighted by atomic mass is 9.80. The Morgan fingerprint density at radius 3 is 2.36 bits per heavy atom. The molecule has 1 heterocycles. The predicted octanol–water partition coefficient (Wildman–Crippen LogP) is 3.15. The fourth-order valence-corrected chi connectivity index (χ4v) is 5.74. The summed E-state index contributed by atoms with van der Waals surface area (Å²) in [7, 11) is 5.19. The predicted molar refractivity (Wildman–Crippen MR) is 150 cm³/mol. The van der Waals surface area contributed by atoms with E-state index in [0.29, 0.717) is 37.8 Å². The van der Waals surface area contributed by atoms with E-state index in [1.807, 2.05) is 0 Å². The average molecular weight is 559 g/mol. The van der Waals surface area contributed by atoms with Crippen molar-refractivity contribution in [3.8, 4) is 5.75 Å². The summed E-state index contributed by atoms with van der Waals surface area (Å²) in [5.41, 5.74) is -1.43. The number of halogens is 1. The first-order valence-electron chi connectivity index (χ1n) is 12.7. The fraction of sp³-hybridized carbons (Fsp3) is 0.444. The zero-order valence-electron chi connectivity index (χ0n) is 22.6. The highest BCUT2D eigenvalue weighted by Crippen LogP contribution is 2.36. The van der Waals surface area contributed by atoms with Gasteiger partial charge in [0.05, 0.1) is 16.3 Å². The Labute approximate surface area is 231 Å². The summed E-state index contributed by atoms with van der Waals surface area (Å²) in [6.07, 6.45) is 3.55. The van der Waals surface area contributed by atoms with Crippen molar-refractivity contribution in [3.05, 3.63) is 63.3 Å². The Balaban J connectivity index is 1.77. The van der Waals surface area contributed by atoms with Crippen molar-refractivity contribution < 1.29 is 19.1 Å². The topological polar surface area (TPSA) is 153 Å². The van der Waals surface area contributed by atoms with Gasteiger partial charge in [0, 0.05) is 39.2 Å². The normalized spacial score (nSPS) is 18.8. The quantitative estimate of drug-likeness (QED) is 0.191. The van der Waals surface area contributed by atoms with Crippen LogP contribution >= 0.6 is 11.8 Å². The summed E-state index contributed by atoms with van der Waals surface area (Å²) in [6, 6.07) is 5.64. The van der Waals surface area contributed by atoms with Crippen LogP contribution in [0.4, 0.5) is 4.39 Å². The lowest BCUT2D eigenvalue weighted by Crippen LogP contribution is -2.61. The molecule has 2 aromatic rings. The van der Waals surface area contributed by atoms with E-state index >= 15 is 0 Å². The van der Waals surface area contributed by atoms with E-state index in [4.69, 9.17) is 10.8 Å². The second-order valence-corrected chi connectivity index (χ2v) is 10.9. The van der Waals surface area contributed by atoms with Crippen LogP contribution in [0.25, 0.3) is 0 Å². The lowest BCUT2D eigenvalue weighted by Gasteiger charge is -2.47. The summed E-state index contributed by atoms with van der Waals surface area (Å²) in [5, 5.41) is 30.2. The molecule has 10 nitrogen and oxygen atoms in total. The molecule has 210 valence electrons. The van der Waals surface area contributed by atoms with Crippen molar-refractivity contribution in [2.45, 2.75) is 44.7 Å². The number of hydrogen-bond donors (Lipinski definition) is 5. The highest BCUT2D eigenvalue weighted by molar-refractivity contribution is 8.26. The first kappa shape index (κ1) is 30.0. The van der Waals surface area contributed by atoms with Gasteiger partial charge in [0.15, 0.2) is 11.4 Å². The number of aromatic amines is 1. The van der Waals surface area contributed by atoms with Crippen molar-refractivity contribution in [1.29, 1.82) is 10.8 Å². The molecular formula is C27H35FN6O4S. The summed E-state index contributed by atoms with van der Waals surface area (Å²) in [4.78, 5) is 44.8. The maximum absolute atomic E-state index is 13.6.